The Kier molecular flexibility index (Phi) is 6.23. The van der Waals surface area contributed by atoms with Crippen LogP contribution < -0.4 is 15.4 Å². The zero-order chi connectivity index (χ0) is 20.8. The molecule has 1 aliphatic rings. The molecule has 0 saturated carbocycles. The molecule has 0 aromatic heterocycles. The molecule has 150 valence electrons. The average molecular weight is 394 g/mol. The van der Waals surface area contributed by atoms with Crippen LogP contribution in [0.15, 0.2) is 53.6 Å². The van der Waals surface area contributed by atoms with E-state index >= 15 is 0 Å². The SMILES string of the molecule is COc1ccc(NC(=O)C2=NN(CC(=O)Nc3ccc(C)cc3)C(=O)CC2)cc1. The Balaban J connectivity index is 1.63. The Bertz CT molecular complexity index is 936. The summed E-state index contributed by atoms with van der Waals surface area (Å²) in [5.41, 5.74) is 2.49. The fraction of sp³-hybridized carbons (Fsp3) is 0.238. The number of amides is 3. The van der Waals surface area contributed by atoms with Gasteiger partial charge in [-0.2, -0.15) is 5.10 Å². The van der Waals surface area contributed by atoms with Crippen LogP contribution in [-0.2, 0) is 14.4 Å². The number of methoxy groups -OCH3 is 1. The second-order valence-corrected chi connectivity index (χ2v) is 6.59. The van der Waals surface area contributed by atoms with E-state index in [1.807, 2.05) is 19.1 Å². The lowest BCUT2D eigenvalue weighted by molar-refractivity contribution is -0.135. The minimum Gasteiger partial charge on any atom is -0.497 e. The number of benzene rings is 2. The third-order valence-electron chi connectivity index (χ3n) is 4.34. The van der Waals surface area contributed by atoms with Crippen LogP contribution in [0.3, 0.4) is 0 Å². The molecule has 0 radical (unpaired) electrons. The molecule has 0 bridgehead atoms. The van der Waals surface area contributed by atoms with Gasteiger partial charge in [-0.25, -0.2) is 5.01 Å². The van der Waals surface area contributed by atoms with Crippen molar-refractivity contribution in [3.05, 3.63) is 54.1 Å². The van der Waals surface area contributed by atoms with Crippen molar-refractivity contribution in [1.82, 2.24) is 5.01 Å². The molecule has 1 heterocycles. The zero-order valence-corrected chi connectivity index (χ0v) is 16.3. The summed E-state index contributed by atoms with van der Waals surface area (Å²) in [6, 6.07) is 14.2. The predicted molar refractivity (Wildman–Crippen MR) is 110 cm³/mol. The molecule has 0 spiro atoms. The first-order valence-corrected chi connectivity index (χ1v) is 9.14. The summed E-state index contributed by atoms with van der Waals surface area (Å²) in [6.07, 6.45) is 0.337. The molecule has 0 atom stereocenters. The van der Waals surface area contributed by atoms with Crippen molar-refractivity contribution in [2.24, 2.45) is 5.10 Å². The summed E-state index contributed by atoms with van der Waals surface area (Å²) in [5, 5.41) is 10.6. The number of carbonyl (C=O) groups is 3. The Labute approximate surface area is 168 Å². The molecule has 1 aliphatic heterocycles. The van der Waals surface area contributed by atoms with E-state index in [1.54, 1.807) is 43.5 Å². The van der Waals surface area contributed by atoms with E-state index in [0.29, 0.717) is 17.1 Å². The summed E-state index contributed by atoms with van der Waals surface area (Å²) in [5.74, 6) is -0.422. The molecular weight excluding hydrogens is 372 g/mol. The second kappa shape index (κ2) is 9.01. The third kappa shape index (κ3) is 5.41. The molecule has 0 saturated heterocycles. The number of hydrogen-bond donors (Lipinski definition) is 2. The second-order valence-electron chi connectivity index (χ2n) is 6.59. The van der Waals surface area contributed by atoms with Gasteiger partial charge in [0.2, 0.25) is 11.8 Å². The number of ether oxygens (including phenoxy) is 1. The van der Waals surface area contributed by atoms with Gasteiger partial charge in [-0.3, -0.25) is 14.4 Å². The molecule has 2 aromatic rings. The highest BCUT2D eigenvalue weighted by Crippen LogP contribution is 2.16. The Morgan fingerprint density at radius 3 is 2.28 bits per heavy atom. The maximum atomic E-state index is 12.5. The zero-order valence-electron chi connectivity index (χ0n) is 16.3. The summed E-state index contributed by atoms with van der Waals surface area (Å²) >= 11 is 0. The number of anilines is 2. The molecule has 0 fully saturated rings. The number of rotatable bonds is 6. The third-order valence-corrected chi connectivity index (χ3v) is 4.34. The first-order chi connectivity index (χ1) is 13.9. The molecule has 2 aromatic carbocycles. The number of nitrogens with zero attached hydrogens (tertiary/aromatic N) is 2. The lowest BCUT2D eigenvalue weighted by Gasteiger charge is -2.22. The van der Waals surface area contributed by atoms with Crippen LogP contribution in [0, 0.1) is 6.92 Å². The van der Waals surface area contributed by atoms with Gasteiger partial charge in [-0.1, -0.05) is 17.7 Å². The number of nitrogens with one attached hydrogen (secondary N) is 2. The standard InChI is InChI=1S/C21H22N4O4/c1-14-3-5-15(6-4-14)22-19(26)13-25-20(27)12-11-18(24-25)21(28)23-16-7-9-17(29-2)10-8-16/h3-10H,11-13H2,1-2H3,(H,22,26)(H,23,28). The van der Waals surface area contributed by atoms with E-state index in [4.69, 9.17) is 4.74 Å². The van der Waals surface area contributed by atoms with Crippen LogP contribution in [0.25, 0.3) is 0 Å². The molecule has 0 aliphatic carbocycles. The maximum absolute atomic E-state index is 12.5. The van der Waals surface area contributed by atoms with Crippen LogP contribution in [0.4, 0.5) is 11.4 Å². The smallest absolute Gasteiger partial charge is 0.271 e. The quantitative estimate of drug-likeness (QED) is 0.786. The summed E-state index contributed by atoms with van der Waals surface area (Å²) in [7, 11) is 1.56. The molecule has 8 nitrogen and oxygen atoms in total. The number of carbonyl (C=O) groups excluding carboxylic acids is 3. The Morgan fingerprint density at radius 2 is 1.62 bits per heavy atom. The van der Waals surface area contributed by atoms with E-state index < -0.39 is 5.91 Å². The van der Waals surface area contributed by atoms with Crippen molar-refractivity contribution in [2.45, 2.75) is 19.8 Å². The van der Waals surface area contributed by atoms with E-state index in [0.717, 1.165) is 10.6 Å². The Morgan fingerprint density at radius 1 is 1.00 bits per heavy atom. The van der Waals surface area contributed by atoms with E-state index in [-0.39, 0.29) is 36.9 Å². The van der Waals surface area contributed by atoms with E-state index in [2.05, 4.69) is 15.7 Å². The predicted octanol–water partition coefficient (Wildman–Crippen LogP) is 2.56. The highest BCUT2D eigenvalue weighted by atomic mass is 16.5. The molecule has 0 unspecified atom stereocenters. The van der Waals surface area contributed by atoms with Crippen molar-refractivity contribution >= 4 is 34.8 Å². The fourth-order valence-electron chi connectivity index (χ4n) is 2.74. The maximum Gasteiger partial charge on any atom is 0.271 e. The lowest BCUT2D eigenvalue weighted by atomic mass is 10.1. The number of hydrogen-bond acceptors (Lipinski definition) is 5. The normalized spacial score (nSPS) is 13.5. The van der Waals surface area contributed by atoms with E-state index in [9.17, 15) is 14.4 Å². The van der Waals surface area contributed by atoms with Crippen molar-refractivity contribution in [3.8, 4) is 5.75 Å². The van der Waals surface area contributed by atoms with Gasteiger partial charge >= 0.3 is 0 Å². The molecule has 29 heavy (non-hydrogen) atoms. The molecule has 3 amide bonds. The minimum atomic E-state index is -0.411. The van der Waals surface area contributed by atoms with Crippen molar-refractivity contribution in [3.63, 3.8) is 0 Å². The molecular formula is C21H22N4O4. The Hall–Kier alpha value is -3.68. The van der Waals surface area contributed by atoms with Crippen molar-refractivity contribution in [1.29, 1.82) is 0 Å². The highest BCUT2D eigenvalue weighted by molar-refractivity contribution is 6.43. The van der Waals surface area contributed by atoms with Crippen LogP contribution in [0.1, 0.15) is 18.4 Å². The number of hydrazone groups is 1. The average Bonchev–Trinajstić information content (AvgIpc) is 2.72. The fourth-order valence-corrected chi connectivity index (χ4v) is 2.74. The first kappa shape index (κ1) is 20.1. The first-order valence-electron chi connectivity index (χ1n) is 9.14. The lowest BCUT2D eigenvalue weighted by Crippen LogP contribution is -2.40. The molecule has 3 rings (SSSR count). The summed E-state index contributed by atoms with van der Waals surface area (Å²) in [6.45, 7) is 1.69. The van der Waals surface area contributed by atoms with Crippen molar-refractivity contribution in [2.75, 3.05) is 24.3 Å². The van der Waals surface area contributed by atoms with Crippen molar-refractivity contribution < 1.29 is 19.1 Å². The molecule has 8 heteroatoms. The molecule has 2 N–H and O–H groups in total. The van der Waals surface area contributed by atoms with E-state index in [1.165, 1.54) is 0 Å². The van der Waals surface area contributed by atoms with Crippen LogP contribution in [0.2, 0.25) is 0 Å². The number of aryl methyl sites for hydroxylation is 1. The topological polar surface area (TPSA) is 100 Å². The van der Waals surface area contributed by atoms with Gasteiger partial charge in [0.05, 0.1) is 7.11 Å². The van der Waals surface area contributed by atoms with Gasteiger partial charge in [0.1, 0.15) is 18.0 Å². The summed E-state index contributed by atoms with van der Waals surface area (Å²) < 4.78 is 5.08. The largest absolute Gasteiger partial charge is 0.497 e. The van der Waals surface area contributed by atoms with Gasteiger partial charge in [0.15, 0.2) is 0 Å². The van der Waals surface area contributed by atoms with Crippen LogP contribution in [0.5, 0.6) is 5.75 Å². The van der Waals surface area contributed by atoms with Gasteiger partial charge in [0, 0.05) is 24.2 Å². The van der Waals surface area contributed by atoms with Gasteiger partial charge in [0.25, 0.3) is 5.91 Å². The van der Waals surface area contributed by atoms with Crippen LogP contribution >= 0.6 is 0 Å². The van der Waals surface area contributed by atoms with Gasteiger partial charge in [-0.15, -0.1) is 0 Å². The van der Waals surface area contributed by atoms with Gasteiger partial charge < -0.3 is 15.4 Å². The minimum absolute atomic E-state index is 0.118. The summed E-state index contributed by atoms with van der Waals surface area (Å²) in [4.78, 5) is 36.8. The van der Waals surface area contributed by atoms with Crippen LogP contribution in [-0.4, -0.2) is 42.1 Å². The monoisotopic (exact) mass is 394 g/mol. The highest BCUT2D eigenvalue weighted by Gasteiger charge is 2.26. The van der Waals surface area contributed by atoms with Gasteiger partial charge in [-0.05, 0) is 43.3 Å².